The van der Waals surface area contributed by atoms with Gasteiger partial charge in [0.15, 0.2) is 0 Å². The third-order valence-electron chi connectivity index (χ3n) is 5.02. The first-order valence-electron chi connectivity index (χ1n) is 8.15. The summed E-state index contributed by atoms with van der Waals surface area (Å²) in [6.45, 7) is 1.97. The molecule has 23 heavy (non-hydrogen) atoms. The normalized spacial score (nSPS) is 25.7. The van der Waals surface area contributed by atoms with Crippen molar-refractivity contribution in [3.63, 3.8) is 0 Å². The van der Waals surface area contributed by atoms with Gasteiger partial charge >= 0.3 is 0 Å². The number of anilines is 1. The highest BCUT2D eigenvalue weighted by molar-refractivity contribution is 5.78. The Balaban J connectivity index is 1.66. The smallest absolute Gasteiger partial charge is 0.223 e. The molecule has 0 radical (unpaired) electrons. The number of rotatable bonds is 7. The molecular weight excluding hydrogens is 296 g/mol. The molecule has 0 aromatic carbocycles. The molecule has 2 atom stereocenters. The summed E-state index contributed by atoms with van der Waals surface area (Å²) in [6, 6.07) is 1.87. The molecule has 0 spiro atoms. The molecule has 1 aromatic heterocycles. The Morgan fingerprint density at radius 2 is 2.26 bits per heavy atom. The van der Waals surface area contributed by atoms with E-state index in [1.807, 2.05) is 11.1 Å². The average Bonchev–Trinajstić information content (AvgIpc) is 2.96. The maximum absolute atomic E-state index is 12.8. The molecule has 1 amide bonds. The van der Waals surface area contributed by atoms with Crippen molar-refractivity contribution < 1.29 is 14.3 Å². The summed E-state index contributed by atoms with van der Waals surface area (Å²) in [5.74, 6) is 0.699. The molecule has 128 valence electrons. The van der Waals surface area contributed by atoms with Gasteiger partial charge in [0, 0.05) is 38.8 Å². The van der Waals surface area contributed by atoms with E-state index in [2.05, 4.69) is 5.10 Å². The summed E-state index contributed by atoms with van der Waals surface area (Å²) in [6.07, 6.45) is 5.50. The lowest BCUT2D eigenvalue weighted by molar-refractivity contribution is -0.134. The van der Waals surface area contributed by atoms with Gasteiger partial charge in [-0.15, -0.1) is 0 Å². The number of ether oxygens (including phenoxy) is 2. The lowest BCUT2D eigenvalue weighted by Crippen LogP contribution is -2.40. The van der Waals surface area contributed by atoms with Crippen LogP contribution in [0.15, 0.2) is 12.3 Å². The molecule has 2 aliphatic rings. The van der Waals surface area contributed by atoms with E-state index in [0.29, 0.717) is 31.9 Å². The zero-order valence-electron chi connectivity index (χ0n) is 13.9. The second-order valence-corrected chi connectivity index (χ2v) is 6.87. The summed E-state index contributed by atoms with van der Waals surface area (Å²) in [4.78, 5) is 14.8. The number of nitrogens with zero attached hydrogens (tertiary/aromatic N) is 3. The van der Waals surface area contributed by atoms with Crippen LogP contribution in [0, 0.1) is 5.41 Å². The SMILES string of the molecule is COCC1(CC(=O)N2C[C@H](OC)C[C@H]2Cn2ccc(N)n2)CC1. The second kappa shape index (κ2) is 6.49. The van der Waals surface area contributed by atoms with Gasteiger partial charge in [0.25, 0.3) is 0 Å². The van der Waals surface area contributed by atoms with Crippen LogP contribution in [0.3, 0.4) is 0 Å². The molecule has 1 aromatic rings. The summed E-state index contributed by atoms with van der Waals surface area (Å²) < 4.78 is 12.6. The molecular formula is C16H26N4O3. The number of amides is 1. The number of hydrogen-bond donors (Lipinski definition) is 1. The Kier molecular flexibility index (Phi) is 4.59. The molecule has 1 saturated heterocycles. The minimum absolute atomic E-state index is 0.0671. The van der Waals surface area contributed by atoms with E-state index < -0.39 is 0 Å². The van der Waals surface area contributed by atoms with Gasteiger partial charge in [-0.3, -0.25) is 9.48 Å². The van der Waals surface area contributed by atoms with Gasteiger partial charge in [-0.05, 0) is 25.3 Å². The van der Waals surface area contributed by atoms with Crippen LogP contribution in [0.1, 0.15) is 25.7 Å². The van der Waals surface area contributed by atoms with Crippen molar-refractivity contribution in [3.05, 3.63) is 12.3 Å². The van der Waals surface area contributed by atoms with Crippen molar-refractivity contribution in [3.8, 4) is 0 Å². The predicted molar refractivity (Wildman–Crippen MR) is 85.7 cm³/mol. The molecule has 3 rings (SSSR count). The number of carbonyl (C=O) groups excluding carboxylic acids is 1. The zero-order valence-corrected chi connectivity index (χ0v) is 13.9. The van der Waals surface area contributed by atoms with E-state index in [-0.39, 0.29) is 23.5 Å². The number of aromatic nitrogens is 2. The Morgan fingerprint density at radius 1 is 1.48 bits per heavy atom. The Bertz CT molecular complexity index is 555. The molecule has 1 aliphatic carbocycles. The van der Waals surface area contributed by atoms with Crippen LogP contribution in [0.5, 0.6) is 0 Å². The second-order valence-electron chi connectivity index (χ2n) is 6.87. The third-order valence-corrected chi connectivity index (χ3v) is 5.02. The van der Waals surface area contributed by atoms with Gasteiger partial charge in [-0.25, -0.2) is 0 Å². The minimum atomic E-state index is 0.0671. The predicted octanol–water partition coefficient (Wildman–Crippen LogP) is 0.898. The minimum Gasteiger partial charge on any atom is -0.384 e. The van der Waals surface area contributed by atoms with E-state index in [4.69, 9.17) is 15.2 Å². The molecule has 2 heterocycles. The van der Waals surface area contributed by atoms with Gasteiger partial charge < -0.3 is 20.1 Å². The fraction of sp³-hybridized carbons (Fsp3) is 0.750. The van der Waals surface area contributed by atoms with Crippen LogP contribution in [0.2, 0.25) is 0 Å². The van der Waals surface area contributed by atoms with Crippen molar-refractivity contribution in [1.29, 1.82) is 0 Å². The lowest BCUT2D eigenvalue weighted by Gasteiger charge is -2.26. The molecule has 7 heteroatoms. The molecule has 2 fully saturated rings. The Morgan fingerprint density at radius 3 is 2.83 bits per heavy atom. The zero-order chi connectivity index (χ0) is 16.4. The first-order valence-corrected chi connectivity index (χ1v) is 8.15. The van der Waals surface area contributed by atoms with E-state index in [9.17, 15) is 4.79 Å². The van der Waals surface area contributed by atoms with Gasteiger partial charge in [-0.1, -0.05) is 0 Å². The van der Waals surface area contributed by atoms with Gasteiger partial charge in [0.05, 0.1) is 25.3 Å². The van der Waals surface area contributed by atoms with Crippen LogP contribution in [-0.4, -0.2) is 60.1 Å². The van der Waals surface area contributed by atoms with E-state index in [1.54, 1.807) is 25.0 Å². The van der Waals surface area contributed by atoms with E-state index in [0.717, 1.165) is 19.3 Å². The maximum Gasteiger partial charge on any atom is 0.223 e. The van der Waals surface area contributed by atoms with Crippen molar-refractivity contribution >= 4 is 11.7 Å². The van der Waals surface area contributed by atoms with Gasteiger partial charge in [-0.2, -0.15) is 5.10 Å². The van der Waals surface area contributed by atoms with Crippen LogP contribution < -0.4 is 5.73 Å². The highest BCUT2D eigenvalue weighted by atomic mass is 16.5. The molecule has 2 N–H and O–H groups in total. The lowest BCUT2D eigenvalue weighted by atomic mass is 10.0. The number of carbonyl (C=O) groups is 1. The monoisotopic (exact) mass is 322 g/mol. The maximum atomic E-state index is 12.8. The largest absolute Gasteiger partial charge is 0.384 e. The first kappa shape index (κ1) is 16.3. The van der Waals surface area contributed by atoms with Crippen LogP contribution >= 0.6 is 0 Å². The van der Waals surface area contributed by atoms with Crippen LogP contribution in [0.25, 0.3) is 0 Å². The van der Waals surface area contributed by atoms with Crippen LogP contribution in [-0.2, 0) is 20.8 Å². The summed E-state index contributed by atoms with van der Waals surface area (Å²) in [5, 5.41) is 4.23. The Hall–Kier alpha value is -1.60. The molecule has 1 aliphatic heterocycles. The molecule has 1 saturated carbocycles. The van der Waals surface area contributed by atoms with Crippen LogP contribution in [0.4, 0.5) is 5.82 Å². The summed E-state index contributed by atoms with van der Waals surface area (Å²) in [7, 11) is 3.40. The third kappa shape index (κ3) is 3.67. The number of nitrogen functional groups attached to an aromatic ring is 1. The standard InChI is InChI=1S/C16H26N4O3/c1-22-11-16(4-5-16)8-15(21)20-10-13(23-2)7-12(20)9-19-6-3-14(17)18-19/h3,6,12-13H,4-5,7-11H2,1-2H3,(H2,17,18)/t12-,13+/m0/s1. The quantitative estimate of drug-likeness (QED) is 0.806. The van der Waals surface area contributed by atoms with Crippen molar-refractivity contribution in [2.24, 2.45) is 5.41 Å². The van der Waals surface area contributed by atoms with E-state index >= 15 is 0 Å². The first-order chi connectivity index (χ1) is 11.0. The molecule has 7 nitrogen and oxygen atoms in total. The molecule has 0 unspecified atom stereocenters. The highest BCUT2D eigenvalue weighted by Gasteiger charge is 2.47. The average molecular weight is 322 g/mol. The van der Waals surface area contributed by atoms with Gasteiger partial charge in [0.1, 0.15) is 5.82 Å². The van der Waals surface area contributed by atoms with Gasteiger partial charge in [0.2, 0.25) is 5.91 Å². The van der Waals surface area contributed by atoms with Crippen molar-refractivity contribution in [2.45, 2.75) is 44.4 Å². The number of likely N-dealkylation sites (tertiary alicyclic amines) is 1. The number of nitrogens with two attached hydrogens (primary N) is 1. The van der Waals surface area contributed by atoms with Crippen molar-refractivity contribution in [1.82, 2.24) is 14.7 Å². The number of hydrogen-bond acceptors (Lipinski definition) is 5. The fourth-order valence-electron chi connectivity index (χ4n) is 3.50. The van der Waals surface area contributed by atoms with E-state index in [1.165, 1.54) is 0 Å². The highest BCUT2D eigenvalue weighted by Crippen LogP contribution is 2.49. The summed E-state index contributed by atoms with van der Waals surface area (Å²) >= 11 is 0. The Labute approximate surface area is 136 Å². The van der Waals surface area contributed by atoms with Crippen molar-refractivity contribution in [2.75, 3.05) is 33.1 Å². The number of methoxy groups -OCH3 is 2. The molecule has 0 bridgehead atoms. The fourth-order valence-corrected chi connectivity index (χ4v) is 3.50. The topological polar surface area (TPSA) is 82.6 Å². The summed E-state index contributed by atoms with van der Waals surface area (Å²) in [5.41, 5.74) is 5.74.